The molecule has 17 heavy (non-hydrogen) atoms. The van der Waals surface area contributed by atoms with E-state index in [1.807, 2.05) is 31.2 Å². The van der Waals surface area contributed by atoms with Gasteiger partial charge < -0.3 is 15.8 Å². The summed E-state index contributed by atoms with van der Waals surface area (Å²) in [7, 11) is 0. The number of likely N-dealkylation sites (N-methyl/N-ethyl adjacent to an activating group) is 1. The number of carbonyl (C=O) groups is 1. The highest BCUT2D eigenvalue weighted by atomic mass is 16.5. The molecule has 0 saturated heterocycles. The lowest BCUT2D eigenvalue weighted by Gasteiger charge is -2.14. The third kappa shape index (κ3) is 4.44. The molecule has 94 valence electrons. The minimum absolute atomic E-state index is 0.100. The van der Waals surface area contributed by atoms with Crippen molar-refractivity contribution in [3.8, 4) is 5.75 Å². The molecular formula is C13H20N2O2. The fraction of sp³-hybridized carbons (Fsp3) is 0.462. The van der Waals surface area contributed by atoms with Crippen molar-refractivity contribution in [3.05, 3.63) is 29.8 Å². The summed E-state index contributed by atoms with van der Waals surface area (Å²) in [6.45, 7) is 4.84. The second kappa shape index (κ2) is 6.91. The molecule has 0 spiro atoms. The summed E-state index contributed by atoms with van der Waals surface area (Å²) >= 11 is 0. The van der Waals surface area contributed by atoms with Gasteiger partial charge in [-0.1, -0.05) is 12.1 Å². The van der Waals surface area contributed by atoms with Crippen LogP contribution in [0.15, 0.2) is 24.3 Å². The van der Waals surface area contributed by atoms with Crippen LogP contribution in [0.5, 0.6) is 5.75 Å². The molecule has 0 aromatic heterocycles. The van der Waals surface area contributed by atoms with Crippen molar-refractivity contribution in [1.29, 1.82) is 0 Å². The average Bonchev–Trinajstić information content (AvgIpc) is 2.30. The van der Waals surface area contributed by atoms with Crippen LogP contribution in [0.25, 0.3) is 0 Å². The molecule has 0 aliphatic carbocycles. The Morgan fingerprint density at radius 1 is 1.53 bits per heavy atom. The third-order valence-electron chi connectivity index (χ3n) is 2.36. The van der Waals surface area contributed by atoms with Crippen molar-refractivity contribution in [3.63, 3.8) is 0 Å². The molecule has 0 aliphatic rings. The molecule has 0 saturated carbocycles. The summed E-state index contributed by atoms with van der Waals surface area (Å²) < 4.78 is 5.56. The minimum Gasteiger partial charge on any atom is -0.481 e. The highest BCUT2D eigenvalue weighted by Crippen LogP contribution is 2.15. The van der Waals surface area contributed by atoms with Gasteiger partial charge in [-0.3, -0.25) is 4.79 Å². The van der Waals surface area contributed by atoms with Gasteiger partial charge in [-0.05, 0) is 44.5 Å². The highest BCUT2D eigenvalue weighted by Gasteiger charge is 2.13. The molecule has 1 aromatic carbocycles. The maximum Gasteiger partial charge on any atom is 0.260 e. The average molecular weight is 236 g/mol. The number of hydrogen-bond donors (Lipinski definition) is 2. The van der Waals surface area contributed by atoms with Crippen molar-refractivity contribution in [2.45, 2.75) is 26.4 Å². The fourth-order valence-electron chi connectivity index (χ4n) is 1.52. The van der Waals surface area contributed by atoms with E-state index in [4.69, 9.17) is 10.5 Å². The number of benzene rings is 1. The number of hydrogen-bond acceptors (Lipinski definition) is 3. The Morgan fingerprint density at radius 3 is 2.94 bits per heavy atom. The quantitative estimate of drug-likeness (QED) is 0.777. The summed E-state index contributed by atoms with van der Waals surface area (Å²) in [5.41, 5.74) is 6.61. The van der Waals surface area contributed by atoms with Gasteiger partial charge in [0.1, 0.15) is 5.75 Å². The van der Waals surface area contributed by atoms with Gasteiger partial charge in [-0.2, -0.15) is 0 Å². The van der Waals surface area contributed by atoms with Gasteiger partial charge in [0.05, 0.1) is 0 Å². The van der Waals surface area contributed by atoms with Crippen molar-refractivity contribution in [1.82, 2.24) is 5.32 Å². The summed E-state index contributed by atoms with van der Waals surface area (Å²) in [5, 5.41) is 2.72. The monoisotopic (exact) mass is 236 g/mol. The maximum atomic E-state index is 11.5. The van der Waals surface area contributed by atoms with E-state index < -0.39 is 6.10 Å². The van der Waals surface area contributed by atoms with Gasteiger partial charge in [-0.15, -0.1) is 0 Å². The SMILES string of the molecule is CCNC(=O)C(C)Oc1cccc(CCN)c1. The van der Waals surface area contributed by atoms with Gasteiger partial charge in [0.2, 0.25) is 0 Å². The lowest BCUT2D eigenvalue weighted by molar-refractivity contribution is -0.127. The molecule has 1 aromatic rings. The van der Waals surface area contributed by atoms with Crippen molar-refractivity contribution < 1.29 is 9.53 Å². The molecule has 0 bridgehead atoms. The largest absolute Gasteiger partial charge is 0.481 e. The summed E-state index contributed by atoms with van der Waals surface area (Å²) in [4.78, 5) is 11.5. The van der Waals surface area contributed by atoms with Crippen LogP contribution in [-0.4, -0.2) is 25.1 Å². The highest BCUT2D eigenvalue weighted by molar-refractivity contribution is 5.80. The predicted molar refractivity (Wildman–Crippen MR) is 68.0 cm³/mol. The number of amides is 1. The summed E-state index contributed by atoms with van der Waals surface area (Å²) in [5.74, 6) is 0.603. The number of nitrogens with one attached hydrogen (secondary N) is 1. The predicted octanol–water partition coefficient (Wildman–Crippen LogP) is 1.09. The maximum absolute atomic E-state index is 11.5. The number of carbonyl (C=O) groups excluding carboxylic acids is 1. The zero-order chi connectivity index (χ0) is 12.7. The van der Waals surface area contributed by atoms with Crippen molar-refractivity contribution in [2.24, 2.45) is 5.73 Å². The van der Waals surface area contributed by atoms with E-state index in [0.717, 1.165) is 12.0 Å². The first-order chi connectivity index (χ1) is 8.17. The van der Waals surface area contributed by atoms with E-state index in [1.165, 1.54) is 0 Å². The second-order valence-corrected chi connectivity index (χ2v) is 3.84. The number of nitrogens with two attached hydrogens (primary N) is 1. The van der Waals surface area contributed by atoms with Crippen LogP contribution in [0, 0.1) is 0 Å². The van der Waals surface area contributed by atoms with E-state index in [0.29, 0.717) is 18.8 Å². The first-order valence-corrected chi connectivity index (χ1v) is 5.90. The number of ether oxygens (including phenoxy) is 1. The van der Waals surface area contributed by atoms with Crippen molar-refractivity contribution >= 4 is 5.91 Å². The van der Waals surface area contributed by atoms with E-state index in [2.05, 4.69) is 5.32 Å². The summed E-state index contributed by atoms with van der Waals surface area (Å²) in [6, 6.07) is 7.67. The number of rotatable bonds is 6. The molecule has 1 unspecified atom stereocenters. The standard InChI is InChI=1S/C13H20N2O2/c1-3-15-13(16)10(2)17-12-6-4-5-11(9-12)7-8-14/h4-6,9-10H,3,7-8,14H2,1-2H3,(H,15,16). The van der Waals surface area contributed by atoms with E-state index in [1.54, 1.807) is 6.92 Å². The van der Waals surface area contributed by atoms with Gasteiger partial charge in [0.15, 0.2) is 6.10 Å². The molecule has 1 rings (SSSR count). The Labute approximate surface area is 102 Å². The van der Waals surface area contributed by atoms with Gasteiger partial charge in [0, 0.05) is 6.54 Å². The lowest BCUT2D eigenvalue weighted by atomic mass is 10.1. The van der Waals surface area contributed by atoms with Crippen LogP contribution in [-0.2, 0) is 11.2 Å². The van der Waals surface area contributed by atoms with Crippen LogP contribution in [0.4, 0.5) is 0 Å². The Hall–Kier alpha value is -1.55. The fourth-order valence-corrected chi connectivity index (χ4v) is 1.52. The second-order valence-electron chi connectivity index (χ2n) is 3.84. The third-order valence-corrected chi connectivity index (χ3v) is 2.36. The van der Waals surface area contributed by atoms with Gasteiger partial charge in [-0.25, -0.2) is 0 Å². The first-order valence-electron chi connectivity index (χ1n) is 5.90. The molecule has 0 radical (unpaired) electrons. The van der Waals surface area contributed by atoms with Crippen LogP contribution in [0.1, 0.15) is 19.4 Å². The molecule has 3 N–H and O–H groups in total. The molecule has 1 amide bonds. The zero-order valence-electron chi connectivity index (χ0n) is 10.4. The van der Waals surface area contributed by atoms with Crippen LogP contribution < -0.4 is 15.8 Å². The lowest BCUT2D eigenvalue weighted by Crippen LogP contribution is -2.36. The first kappa shape index (κ1) is 13.5. The molecule has 4 heteroatoms. The Morgan fingerprint density at radius 2 is 2.29 bits per heavy atom. The van der Waals surface area contributed by atoms with Gasteiger partial charge >= 0.3 is 0 Å². The van der Waals surface area contributed by atoms with E-state index in [-0.39, 0.29) is 5.91 Å². The molecule has 0 heterocycles. The minimum atomic E-state index is -0.483. The Balaban J connectivity index is 2.61. The molecule has 0 fully saturated rings. The zero-order valence-corrected chi connectivity index (χ0v) is 10.4. The van der Waals surface area contributed by atoms with E-state index in [9.17, 15) is 4.79 Å². The van der Waals surface area contributed by atoms with Gasteiger partial charge in [0.25, 0.3) is 5.91 Å². The molecular weight excluding hydrogens is 216 g/mol. The molecule has 4 nitrogen and oxygen atoms in total. The smallest absolute Gasteiger partial charge is 0.260 e. The van der Waals surface area contributed by atoms with E-state index >= 15 is 0 Å². The van der Waals surface area contributed by atoms with Crippen molar-refractivity contribution in [2.75, 3.05) is 13.1 Å². The van der Waals surface area contributed by atoms with Crippen LogP contribution in [0.2, 0.25) is 0 Å². The molecule has 0 aliphatic heterocycles. The Bertz CT molecular complexity index is 366. The Kier molecular flexibility index (Phi) is 5.49. The molecule has 1 atom stereocenters. The normalized spacial score (nSPS) is 11.9. The van der Waals surface area contributed by atoms with Crippen LogP contribution >= 0.6 is 0 Å². The van der Waals surface area contributed by atoms with Crippen LogP contribution in [0.3, 0.4) is 0 Å². The summed E-state index contributed by atoms with van der Waals surface area (Å²) in [6.07, 6.45) is 0.329. The topological polar surface area (TPSA) is 64.3 Å².